The maximum absolute atomic E-state index is 10.5. The fourth-order valence-electron chi connectivity index (χ4n) is 2.85. The van der Waals surface area contributed by atoms with Crippen molar-refractivity contribution in [2.75, 3.05) is 6.54 Å². The van der Waals surface area contributed by atoms with Crippen LogP contribution < -0.4 is 5.32 Å². The highest BCUT2D eigenvalue weighted by atomic mass is 16.3. The van der Waals surface area contributed by atoms with Crippen molar-refractivity contribution < 1.29 is 5.11 Å². The van der Waals surface area contributed by atoms with Gasteiger partial charge in [-0.3, -0.25) is 0 Å². The van der Waals surface area contributed by atoms with E-state index in [4.69, 9.17) is 0 Å². The molecule has 82 valence electrons. The summed E-state index contributed by atoms with van der Waals surface area (Å²) in [5.41, 5.74) is 0.0524. The smallest absolute Gasteiger partial charge is 0.0800 e. The van der Waals surface area contributed by atoms with E-state index in [0.717, 1.165) is 25.8 Å². The summed E-state index contributed by atoms with van der Waals surface area (Å²) in [4.78, 5) is 0. The molecule has 0 spiro atoms. The lowest BCUT2D eigenvalue weighted by atomic mass is 9.68. The van der Waals surface area contributed by atoms with E-state index in [1.807, 2.05) is 0 Å². The van der Waals surface area contributed by atoms with E-state index in [1.54, 1.807) is 0 Å². The van der Waals surface area contributed by atoms with E-state index in [2.05, 4.69) is 19.2 Å². The molecule has 2 rings (SSSR count). The Morgan fingerprint density at radius 1 is 1.14 bits per heavy atom. The number of rotatable bonds is 1. The van der Waals surface area contributed by atoms with Gasteiger partial charge in [0.15, 0.2) is 0 Å². The second-order valence-corrected chi connectivity index (χ2v) is 5.92. The lowest BCUT2D eigenvalue weighted by molar-refractivity contribution is -0.0500. The molecule has 0 bridgehead atoms. The van der Waals surface area contributed by atoms with Crippen molar-refractivity contribution in [3.05, 3.63) is 0 Å². The van der Waals surface area contributed by atoms with Crippen LogP contribution in [0, 0.1) is 5.41 Å². The summed E-state index contributed by atoms with van der Waals surface area (Å²) in [6.07, 6.45) is 6.70. The third-order valence-electron chi connectivity index (χ3n) is 4.18. The molecule has 2 nitrogen and oxygen atoms in total. The zero-order valence-corrected chi connectivity index (χ0v) is 9.47. The van der Waals surface area contributed by atoms with Gasteiger partial charge in [0.05, 0.1) is 5.60 Å². The van der Waals surface area contributed by atoms with Crippen LogP contribution >= 0.6 is 0 Å². The minimum atomic E-state index is -0.397. The third-order valence-corrected chi connectivity index (χ3v) is 4.18. The second kappa shape index (κ2) is 3.49. The summed E-state index contributed by atoms with van der Waals surface area (Å²) in [6, 6.07) is 0.374. The van der Waals surface area contributed by atoms with Gasteiger partial charge in [0, 0.05) is 6.04 Å². The van der Waals surface area contributed by atoms with Crippen LogP contribution in [0.1, 0.15) is 52.4 Å². The van der Waals surface area contributed by atoms with Gasteiger partial charge in [-0.1, -0.05) is 13.8 Å². The molecule has 14 heavy (non-hydrogen) atoms. The summed E-state index contributed by atoms with van der Waals surface area (Å²) < 4.78 is 0. The molecule has 1 aliphatic carbocycles. The van der Waals surface area contributed by atoms with Gasteiger partial charge >= 0.3 is 0 Å². The predicted molar refractivity (Wildman–Crippen MR) is 58.2 cm³/mol. The summed E-state index contributed by atoms with van der Waals surface area (Å²) in [7, 11) is 0. The second-order valence-electron chi connectivity index (χ2n) is 5.92. The fraction of sp³-hybridized carbons (Fsp3) is 1.00. The van der Waals surface area contributed by atoms with Crippen molar-refractivity contribution in [3.8, 4) is 0 Å². The Labute approximate surface area is 87.1 Å². The molecule has 0 aromatic rings. The quantitative estimate of drug-likeness (QED) is 0.674. The average molecular weight is 197 g/mol. The molecule has 1 saturated carbocycles. The van der Waals surface area contributed by atoms with Crippen LogP contribution in [0.25, 0.3) is 0 Å². The van der Waals surface area contributed by atoms with E-state index < -0.39 is 5.60 Å². The van der Waals surface area contributed by atoms with Crippen molar-refractivity contribution in [1.29, 1.82) is 0 Å². The van der Waals surface area contributed by atoms with Crippen LogP contribution in [0.15, 0.2) is 0 Å². The standard InChI is InChI=1S/C12H23NO/c1-11(2)5-7-12(14,8-6-11)10-4-3-9-13-10/h10,13-14H,3-9H2,1-2H3. The Morgan fingerprint density at radius 2 is 1.79 bits per heavy atom. The third kappa shape index (κ3) is 1.96. The van der Waals surface area contributed by atoms with E-state index >= 15 is 0 Å². The first-order valence-corrected chi connectivity index (χ1v) is 5.98. The Balaban J connectivity index is 1.97. The minimum absolute atomic E-state index is 0.374. The van der Waals surface area contributed by atoms with Crippen LogP contribution in [0.5, 0.6) is 0 Å². The molecular weight excluding hydrogens is 174 g/mol. The molecule has 2 aliphatic rings. The molecule has 1 aliphatic heterocycles. The average Bonchev–Trinajstić information content (AvgIpc) is 2.64. The minimum Gasteiger partial charge on any atom is -0.388 e. The summed E-state index contributed by atoms with van der Waals surface area (Å²) in [5.74, 6) is 0. The topological polar surface area (TPSA) is 32.3 Å². The largest absolute Gasteiger partial charge is 0.388 e. The molecule has 1 unspecified atom stereocenters. The van der Waals surface area contributed by atoms with Crippen molar-refractivity contribution in [2.24, 2.45) is 5.41 Å². The zero-order valence-electron chi connectivity index (χ0n) is 9.47. The molecule has 2 N–H and O–H groups in total. The molecular formula is C12H23NO. The maximum Gasteiger partial charge on any atom is 0.0800 e. The molecule has 0 amide bonds. The van der Waals surface area contributed by atoms with Gasteiger partial charge in [-0.05, 0) is 50.5 Å². The zero-order chi connectivity index (χ0) is 10.2. The summed E-state index contributed by atoms with van der Waals surface area (Å²) in [6.45, 7) is 5.72. The summed E-state index contributed by atoms with van der Waals surface area (Å²) >= 11 is 0. The molecule has 1 heterocycles. The first-order chi connectivity index (χ1) is 6.52. The molecule has 2 heteroatoms. The van der Waals surface area contributed by atoms with Crippen LogP contribution in [0.2, 0.25) is 0 Å². The van der Waals surface area contributed by atoms with Gasteiger partial charge in [0.1, 0.15) is 0 Å². The number of nitrogens with one attached hydrogen (secondary N) is 1. The maximum atomic E-state index is 10.5. The monoisotopic (exact) mass is 197 g/mol. The Kier molecular flexibility index (Phi) is 2.61. The SMILES string of the molecule is CC1(C)CCC(O)(C2CCCN2)CC1. The summed E-state index contributed by atoms with van der Waals surface area (Å²) in [5, 5.41) is 14.0. The Morgan fingerprint density at radius 3 is 2.29 bits per heavy atom. The lowest BCUT2D eigenvalue weighted by Crippen LogP contribution is -2.50. The van der Waals surface area contributed by atoms with Gasteiger partial charge < -0.3 is 10.4 Å². The molecule has 1 saturated heterocycles. The fourth-order valence-corrected chi connectivity index (χ4v) is 2.85. The molecule has 1 atom stereocenters. The van der Waals surface area contributed by atoms with E-state index in [0.29, 0.717) is 11.5 Å². The van der Waals surface area contributed by atoms with Gasteiger partial charge in [-0.2, -0.15) is 0 Å². The Hall–Kier alpha value is -0.0800. The molecule has 2 fully saturated rings. The highest BCUT2D eigenvalue weighted by molar-refractivity contribution is 4.99. The predicted octanol–water partition coefficient (Wildman–Crippen LogP) is 2.07. The molecule has 0 radical (unpaired) electrons. The van der Waals surface area contributed by atoms with Gasteiger partial charge in [-0.15, -0.1) is 0 Å². The van der Waals surface area contributed by atoms with Gasteiger partial charge in [-0.25, -0.2) is 0 Å². The normalized spacial score (nSPS) is 35.8. The Bertz CT molecular complexity index is 196. The number of aliphatic hydroxyl groups is 1. The molecule has 0 aromatic carbocycles. The van der Waals surface area contributed by atoms with Gasteiger partial charge in [0.25, 0.3) is 0 Å². The van der Waals surface area contributed by atoms with Crippen molar-refractivity contribution in [3.63, 3.8) is 0 Å². The van der Waals surface area contributed by atoms with Crippen molar-refractivity contribution in [1.82, 2.24) is 5.32 Å². The molecule has 0 aromatic heterocycles. The van der Waals surface area contributed by atoms with Crippen molar-refractivity contribution in [2.45, 2.75) is 64.0 Å². The first-order valence-electron chi connectivity index (χ1n) is 5.98. The van der Waals surface area contributed by atoms with Crippen LogP contribution in [-0.2, 0) is 0 Å². The van der Waals surface area contributed by atoms with E-state index in [-0.39, 0.29) is 0 Å². The van der Waals surface area contributed by atoms with Crippen molar-refractivity contribution >= 4 is 0 Å². The van der Waals surface area contributed by atoms with E-state index in [1.165, 1.54) is 19.3 Å². The van der Waals surface area contributed by atoms with Gasteiger partial charge in [0.2, 0.25) is 0 Å². The van der Waals surface area contributed by atoms with E-state index in [9.17, 15) is 5.11 Å². The van der Waals surface area contributed by atoms with Crippen LogP contribution in [0.4, 0.5) is 0 Å². The lowest BCUT2D eigenvalue weighted by Gasteiger charge is -2.43. The first kappa shape index (κ1) is 10.4. The van der Waals surface area contributed by atoms with Crippen LogP contribution in [-0.4, -0.2) is 23.3 Å². The number of hydrogen-bond acceptors (Lipinski definition) is 2. The number of hydrogen-bond donors (Lipinski definition) is 2. The highest BCUT2D eigenvalue weighted by Crippen LogP contribution is 2.42. The highest BCUT2D eigenvalue weighted by Gasteiger charge is 2.42. The van der Waals surface area contributed by atoms with Crippen LogP contribution in [0.3, 0.4) is 0 Å².